The summed E-state index contributed by atoms with van der Waals surface area (Å²) in [5.74, 6) is 0.439. The van der Waals surface area contributed by atoms with Crippen molar-refractivity contribution in [1.82, 2.24) is 0 Å². The van der Waals surface area contributed by atoms with Crippen LogP contribution in [0.25, 0.3) is 0 Å². The maximum Gasteiger partial charge on any atom is 0.315 e. The molecule has 3 atom stereocenters. The van der Waals surface area contributed by atoms with Crippen LogP contribution in [-0.4, -0.2) is 53.0 Å². The van der Waals surface area contributed by atoms with Crippen LogP contribution in [0, 0.1) is 5.92 Å². The molecular weight excluding hydrogens is 462 g/mol. The van der Waals surface area contributed by atoms with Crippen molar-refractivity contribution in [2.24, 2.45) is 10.9 Å². The highest BCUT2D eigenvalue weighted by Crippen LogP contribution is 2.49. The van der Waals surface area contributed by atoms with Crippen molar-refractivity contribution in [3.63, 3.8) is 0 Å². The van der Waals surface area contributed by atoms with E-state index in [4.69, 9.17) is 28.7 Å². The normalized spacial score (nSPS) is 21.3. The Morgan fingerprint density at radius 1 is 0.861 bits per heavy atom. The van der Waals surface area contributed by atoms with Crippen LogP contribution >= 0.6 is 0 Å². The second kappa shape index (κ2) is 10.4. The van der Waals surface area contributed by atoms with Gasteiger partial charge in [-0.15, -0.1) is 0 Å². The molecule has 0 radical (unpaired) electrons. The summed E-state index contributed by atoms with van der Waals surface area (Å²) >= 11 is 0. The summed E-state index contributed by atoms with van der Waals surface area (Å²) in [6.45, 7) is 1.80. The highest BCUT2D eigenvalue weighted by Gasteiger charge is 2.45. The van der Waals surface area contributed by atoms with Gasteiger partial charge in [0.2, 0.25) is 0 Å². The molecule has 1 aliphatic carbocycles. The van der Waals surface area contributed by atoms with Crippen LogP contribution in [0.1, 0.15) is 42.7 Å². The lowest BCUT2D eigenvalue weighted by molar-refractivity contribution is -0.143. The summed E-state index contributed by atoms with van der Waals surface area (Å²) in [4.78, 5) is 31.5. The van der Waals surface area contributed by atoms with Gasteiger partial charge in [0.25, 0.3) is 0 Å². The van der Waals surface area contributed by atoms with Gasteiger partial charge in [-0.25, -0.2) is 0 Å². The van der Waals surface area contributed by atoms with Crippen LogP contribution in [-0.2, 0) is 14.3 Å². The van der Waals surface area contributed by atoms with Gasteiger partial charge in [0, 0.05) is 34.9 Å². The first kappa shape index (κ1) is 25.3. The van der Waals surface area contributed by atoms with Crippen molar-refractivity contribution in [3.05, 3.63) is 58.8 Å². The van der Waals surface area contributed by atoms with Crippen molar-refractivity contribution in [1.29, 1.82) is 0 Å². The van der Waals surface area contributed by atoms with E-state index in [1.54, 1.807) is 47.5 Å². The Labute approximate surface area is 210 Å². The molecule has 0 bridgehead atoms. The number of carbonyl (C=O) groups excluding carboxylic acids is 2. The van der Waals surface area contributed by atoms with E-state index in [-0.39, 0.29) is 18.1 Å². The van der Waals surface area contributed by atoms with E-state index in [1.807, 2.05) is 24.3 Å². The first-order valence-corrected chi connectivity index (χ1v) is 11.7. The van der Waals surface area contributed by atoms with Gasteiger partial charge in [-0.3, -0.25) is 14.6 Å². The zero-order chi connectivity index (χ0) is 26.0. The lowest BCUT2D eigenvalue weighted by atomic mass is 9.69. The average molecular weight is 494 g/mol. The van der Waals surface area contributed by atoms with Crippen LogP contribution in [0.3, 0.4) is 0 Å². The number of esters is 1. The molecule has 0 saturated carbocycles. The lowest BCUT2D eigenvalue weighted by Crippen LogP contribution is -2.38. The zero-order valence-electron chi connectivity index (χ0n) is 21.4. The van der Waals surface area contributed by atoms with E-state index < -0.39 is 17.8 Å². The molecule has 0 amide bonds. The second-order valence-electron chi connectivity index (χ2n) is 8.84. The van der Waals surface area contributed by atoms with Gasteiger partial charge in [0.15, 0.2) is 17.3 Å². The Balaban J connectivity index is 1.84. The van der Waals surface area contributed by atoms with E-state index in [0.717, 1.165) is 5.56 Å². The van der Waals surface area contributed by atoms with Crippen molar-refractivity contribution >= 4 is 17.5 Å². The number of rotatable bonds is 7. The molecule has 190 valence electrons. The van der Waals surface area contributed by atoms with Crippen LogP contribution in [0.5, 0.6) is 23.0 Å². The second-order valence-corrected chi connectivity index (χ2v) is 8.84. The lowest BCUT2D eigenvalue weighted by Gasteiger charge is -2.37. The van der Waals surface area contributed by atoms with Gasteiger partial charge in [0.1, 0.15) is 17.4 Å². The number of Topliss-reactive ketones (excluding diaryl/α,β-unsaturated/α-hetero) is 1. The minimum atomic E-state index is -0.753. The molecule has 4 rings (SSSR count). The van der Waals surface area contributed by atoms with Gasteiger partial charge in [0.05, 0.1) is 35.5 Å². The van der Waals surface area contributed by atoms with Crippen molar-refractivity contribution in [2.75, 3.05) is 35.5 Å². The molecule has 8 nitrogen and oxygen atoms in total. The van der Waals surface area contributed by atoms with E-state index in [2.05, 4.69) is 0 Å². The van der Waals surface area contributed by atoms with Gasteiger partial charge in [-0.2, -0.15) is 0 Å². The number of hydrogen-bond acceptors (Lipinski definition) is 8. The predicted molar refractivity (Wildman–Crippen MR) is 134 cm³/mol. The molecule has 2 aromatic carbocycles. The van der Waals surface area contributed by atoms with Crippen LogP contribution in [0.2, 0.25) is 0 Å². The van der Waals surface area contributed by atoms with E-state index in [0.29, 0.717) is 52.0 Å². The number of carbonyl (C=O) groups is 2. The standard InChI is InChI=1S/C28H31NO7/c1-15-25(28(31)36-6)26(19-14-18(32-2)8-10-22(19)33-3)27-20(29-15)11-17(12-21(27)30)16-7-9-23(34-4)24(13-16)35-5/h7-10,13-14,17,25-26H,11-12H2,1-6H3/t17-,25?,26+/m1/s1. The number of allylic oxidation sites excluding steroid dienone is 2. The molecule has 2 aromatic rings. The predicted octanol–water partition coefficient (Wildman–Crippen LogP) is 4.47. The highest BCUT2D eigenvalue weighted by atomic mass is 16.5. The Kier molecular flexibility index (Phi) is 7.33. The van der Waals surface area contributed by atoms with Gasteiger partial charge in [-0.1, -0.05) is 6.07 Å². The maximum absolute atomic E-state index is 13.8. The molecule has 0 saturated heterocycles. The SMILES string of the molecule is COC(=O)C1C(C)=NC2=C(C(=O)C[C@H](c3ccc(OC)c(OC)c3)C2)[C@H]1c1cc(OC)ccc1OC. The fourth-order valence-electron chi connectivity index (χ4n) is 5.25. The fourth-order valence-corrected chi connectivity index (χ4v) is 5.25. The zero-order valence-corrected chi connectivity index (χ0v) is 21.4. The van der Waals surface area contributed by atoms with E-state index in [1.165, 1.54) is 7.11 Å². The van der Waals surface area contributed by atoms with Crippen LogP contribution < -0.4 is 18.9 Å². The van der Waals surface area contributed by atoms with E-state index in [9.17, 15) is 9.59 Å². The number of ketones is 1. The first-order valence-electron chi connectivity index (χ1n) is 11.7. The Hall–Kier alpha value is -3.81. The summed E-state index contributed by atoms with van der Waals surface area (Å²) in [5, 5.41) is 0. The highest BCUT2D eigenvalue weighted by molar-refractivity contribution is 6.09. The Morgan fingerprint density at radius 2 is 1.56 bits per heavy atom. The molecule has 0 fully saturated rings. The molecule has 36 heavy (non-hydrogen) atoms. The molecule has 1 heterocycles. The Morgan fingerprint density at radius 3 is 2.19 bits per heavy atom. The smallest absolute Gasteiger partial charge is 0.315 e. The molecule has 2 aliphatic rings. The van der Waals surface area contributed by atoms with E-state index >= 15 is 0 Å². The minimum absolute atomic E-state index is 0.0592. The summed E-state index contributed by atoms with van der Waals surface area (Å²) < 4.78 is 27.1. The summed E-state index contributed by atoms with van der Waals surface area (Å²) in [7, 11) is 7.65. The first-order chi connectivity index (χ1) is 17.4. The quantitative estimate of drug-likeness (QED) is 0.526. The summed E-state index contributed by atoms with van der Waals surface area (Å²) in [6, 6.07) is 11.1. The molecule has 8 heteroatoms. The van der Waals surface area contributed by atoms with Gasteiger partial charge in [-0.05, 0) is 55.2 Å². The third-order valence-corrected chi connectivity index (χ3v) is 6.99. The topological polar surface area (TPSA) is 92.7 Å². The van der Waals surface area contributed by atoms with Gasteiger partial charge < -0.3 is 23.7 Å². The molecule has 0 spiro atoms. The number of hydrogen-bond donors (Lipinski definition) is 0. The molecule has 0 aromatic heterocycles. The minimum Gasteiger partial charge on any atom is -0.497 e. The fraction of sp³-hybridized carbons (Fsp3) is 0.393. The van der Waals surface area contributed by atoms with Crippen molar-refractivity contribution in [2.45, 2.75) is 31.6 Å². The van der Waals surface area contributed by atoms with Crippen molar-refractivity contribution in [3.8, 4) is 23.0 Å². The number of nitrogens with zero attached hydrogens (tertiary/aromatic N) is 1. The van der Waals surface area contributed by atoms with Gasteiger partial charge >= 0.3 is 5.97 Å². The number of ether oxygens (including phenoxy) is 5. The largest absolute Gasteiger partial charge is 0.497 e. The maximum atomic E-state index is 13.8. The molecule has 1 aliphatic heterocycles. The third-order valence-electron chi connectivity index (χ3n) is 6.99. The number of methoxy groups -OCH3 is 5. The summed E-state index contributed by atoms with van der Waals surface area (Å²) in [5.41, 5.74) is 3.45. The average Bonchev–Trinajstić information content (AvgIpc) is 2.90. The monoisotopic (exact) mass is 493 g/mol. The number of benzene rings is 2. The molecule has 0 N–H and O–H groups in total. The Bertz CT molecular complexity index is 1250. The third kappa shape index (κ3) is 4.43. The van der Waals surface area contributed by atoms with Crippen LogP contribution in [0.15, 0.2) is 52.7 Å². The number of aliphatic imine (C=N–C) groups is 1. The van der Waals surface area contributed by atoms with Crippen molar-refractivity contribution < 1.29 is 33.3 Å². The summed E-state index contributed by atoms with van der Waals surface area (Å²) in [6.07, 6.45) is 0.824. The molecule has 1 unspecified atom stereocenters. The van der Waals surface area contributed by atoms with Crippen LogP contribution in [0.4, 0.5) is 0 Å². The molecular formula is C28H31NO7.